The molecule has 2 aliphatic heterocycles. The maximum absolute atomic E-state index is 12.5. The summed E-state index contributed by atoms with van der Waals surface area (Å²) in [5.41, 5.74) is 0. The van der Waals surface area contributed by atoms with Gasteiger partial charge in [0.05, 0.1) is 26.2 Å². The summed E-state index contributed by atoms with van der Waals surface area (Å²) >= 11 is 0. The summed E-state index contributed by atoms with van der Waals surface area (Å²) in [6, 6.07) is -0.185. The quantitative estimate of drug-likeness (QED) is 0.837. The first-order valence-electron chi connectivity index (χ1n) is 7.98. The molecular weight excluding hydrogens is 272 g/mol. The van der Waals surface area contributed by atoms with Gasteiger partial charge in [-0.2, -0.15) is 0 Å². The van der Waals surface area contributed by atoms with E-state index in [-0.39, 0.29) is 18.4 Å². The zero-order valence-corrected chi connectivity index (χ0v) is 12.6. The fraction of sp³-hybridized carbons (Fsp3) is 0.867. The van der Waals surface area contributed by atoms with Gasteiger partial charge in [0, 0.05) is 25.7 Å². The number of morpholine rings is 1. The lowest BCUT2D eigenvalue weighted by molar-refractivity contribution is -0.143. The zero-order chi connectivity index (χ0) is 15.1. The molecule has 2 fully saturated rings. The van der Waals surface area contributed by atoms with Crippen molar-refractivity contribution in [2.45, 2.75) is 44.6 Å². The Labute approximate surface area is 126 Å². The summed E-state index contributed by atoms with van der Waals surface area (Å²) in [6.07, 6.45) is 5.85. The molecule has 2 heterocycles. The number of aliphatic carboxylic acids is 1. The Bertz CT molecular complexity index is 354. The molecule has 1 atom stereocenters. The molecule has 2 saturated heterocycles. The first kappa shape index (κ1) is 16.2. The van der Waals surface area contributed by atoms with Crippen molar-refractivity contribution < 1.29 is 19.4 Å². The van der Waals surface area contributed by atoms with Crippen LogP contribution in [-0.2, 0) is 14.3 Å². The lowest BCUT2D eigenvalue weighted by Gasteiger charge is -2.36. The highest BCUT2D eigenvalue weighted by Crippen LogP contribution is 2.14. The van der Waals surface area contributed by atoms with Crippen LogP contribution in [0.25, 0.3) is 0 Å². The highest BCUT2D eigenvalue weighted by molar-refractivity contribution is 5.78. The van der Waals surface area contributed by atoms with E-state index in [2.05, 4.69) is 0 Å². The second-order valence-corrected chi connectivity index (χ2v) is 5.95. The Kier molecular flexibility index (Phi) is 6.45. The van der Waals surface area contributed by atoms with Gasteiger partial charge in [-0.05, 0) is 12.8 Å². The molecule has 0 bridgehead atoms. The monoisotopic (exact) mass is 298 g/mol. The summed E-state index contributed by atoms with van der Waals surface area (Å²) in [4.78, 5) is 27.3. The van der Waals surface area contributed by atoms with Gasteiger partial charge in [0.1, 0.15) is 0 Å². The second kappa shape index (κ2) is 8.34. The molecular formula is C15H26N2O4. The first-order valence-corrected chi connectivity index (χ1v) is 7.98. The van der Waals surface area contributed by atoms with E-state index in [1.54, 1.807) is 0 Å². The van der Waals surface area contributed by atoms with Crippen molar-refractivity contribution in [3.05, 3.63) is 0 Å². The summed E-state index contributed by atoms with van der Waals surface area (Å²) < 4.78 is 5.35. The van der Waals surface area contributed by atoms with E-state index >= 15 is 0 Å². The number of carbonyl (C=O) groups excluding carboxylic acids is 1. The molecule has 0 aliphatic carbocycles. The molecule has 2 aliphatic rings. The normalized spacial score (nSPS) is 25.1. The summed E-state index contributed by atoms with van der Waals surface area (Å²) in [7, 11) is 0. The predicted octanol–water partition coefficient (Wildman–Crippen LogP) is 0.955. The molecule has 0 aromatic carbocycles. The summed E-state index contributed by atoms with van der Waals surface area (Å²) in [5, 5.41) is 8.96. The highest BCUT2D eigenvalue weighted by atomic mass is 16.5. The minimum atomic E-state index is -0.839. The van der Waals surface area contributed by atoms with Crippen molar-refractivity contribution in [2.75, 3.05) is 39.4 Å². The molecule has 1 N–H and O–H groups in total. The molecule has 6 heteroatoms. The van der Waals surface area contributed by atoms with Crippen LogP contribution >= 0.6 is 0 Å². The van der Waals surface area contributed by atoms with Crippen LogP contribution in [0.3, 0.4) is 0 Å². The molecule has 0 aromatic heterocycles. The molecule has 6 nitrogen and oxygen atoms in total. The van der Waals surface area contributed by atoms with Gasteiger partial charge >= 0.3 is 5.97 Å². The average molecular weight is 298 g/mol. The molecule has 0 radical (unpaired) electrons. The van der Waals surface area contributed by atoms with Gasteiger partial charge in [-0.15, -0.1) is 0 Å². The number of nitrogens with zero attached hydrogens (tertiary/aromatic N) is 2. The van der Waals surface area contributed by atoms with E-state index in [0.717, 1.165) is 25.9 Å². The van der Waals surface area contributed by atoms with Crippen LogP contribution in [-0.4, -0.2) is 72.2 Å². The fourth-order valence-electron chi connectivity index (χ4n) is 3.06. The fourth-order valence-corrected chi connectivity index (χ4v) is 3.06. The van der Waals surface area contributed by atoms with Gasteiger partial charge in [0.25, 0.3) is 0 Å². The van der Waals surface area contributed by atoms with Crippen molar-refractivity contribution in [3.8, 4) is 0 Å². The van der Waals surface area contributed by atoms with Gasteiger partial charge in [-0.25, -0.2) is 0 Å². The zero-order valence-electron chi connectivity index (χ0n) is 12.6. The van der Waals surface area contributed by atoms with E-state index in [4.69, 9.17) is 9.84 Å². The predicted molar refractivity (Wildman–Crippen MR) is 78.1 cm³/mol. The van der Waals surface area contributed by atoms with Gasteiger partial charge in [0.2, 0.25) is 5.91 Å². The van der Waals surface area contributed by atoms with E-state index in [0.29, 0.717) is 26.3 Å². The Morgan fingerprint density at radius 1 is 1.05 bits per heavy atom. The molecule has 21 heavy (non-hydrogen) atoms. The molecule has 0 saturated carbocycles. The smallest absolute Gasteiger partial charge is 0.305 e. The molecule has 1 unspecified atom stereocenters. The third kappa shape index (κ3) is 5.28. The number of amides is 1. The maximum atomic E-state index is 12.5. The van der Waals surface area contributed by atoms with Crippen LogP contribution in [0.5, 0.6) is 0 Å². The number of ether oxygens (including phenoxy) is 1. The molecule has 1 amide bonds. The van der Waals surface area contributed by atoms with Crippen molar-refractivity contribution in [2.24, 2.45) is 0 Å². The van der Waals surface area contributed by atoms with E-state index in [9.17, 15) is 9.59 Å². The van der Waals surface area contributed by atoms with E-state index in [1.165, 1.54) is 19.3 Å². The minimum Gasteiger partial charge on any atom is -0.481 e. The van der Waals surface area contributed by atoms with Crippen LogP contribution in [0.1, 0.15) is 38.5 Å². The van der Waals surface area contributed by atoms with E-state index in [1.807, 2.05) is 9.80 Å². The first-order chi connectivity index (χ1) is 10.2. The third-order valence-corrected chi connectivity index (χ3v) is 4.31. The van der Waals surface area contributed by atoms with Crippen molar-refractivity contribution in [1.82, 2.24) is 9.80 Å². The number of hydrogen-bond donors (Lipinski definition) is 1. The van der Waals surface area contributed by atoms with Gasteiger partial charge < -0.3 is 14.7 Å². The average Bonchev–Trinajstić information content (AvgIpc) is 2.40. The van der Waals surface area contributed by atoms with Crippen molar-refractivity contribution in [3.63, 3.8) is 0 Å². The largest absolute Gasteiger partial charge is 0.481 e. The van der Waals surface area contributed by atoms with Gasteiger partial charge in [-0.1, -0.05) is 19.3 Å². The Hall–Kier alpha value is -1.14. The molecule has 2 rings (SSSR count). The molecule has 0 aromatic rings. The van der Waals surface area contributed by atoms with Gasteiger partial charge in [0.15, 0.2) is 0 Å². The highest BCUT2D eigenvalue weighted by Gasteiger charge is 2.28. The number of carboxylic acid groups (broad SMARTS) is 1. The Balaban J connectivity index is 1.87. The lowest BCUT2D eigenvalue weighted by Crippen LogP contribution is -2.51. The number of rotatable bonds is 4. The van der Waals surface area contributed by atoms with Crippen molar-refractivity contribution in [1.29, 1.82) is 0 Å². The van der Waals surface area contributed by atoms with E-state index < -0.39 is 5.97 Å². The molecule has 120 valence electrons. The second-order valence-electron chi connectivity index (χ2n) is 5.95. The lowest BCUT2D eigenvalue weighted by atomic mass is 10.1. The van der Waals surface area contributed by atoms with Crippen LogP contribution < -0.4 is 0 Å². The topological polar surface area (TPSA) is 70.1 Å². The molecule has 0 spiro atoms. The SMILES string of the molecule is O=C(O)CC1COCCN1CC(=O)N1CCCCCCC1. The van der Waals surface area contributed by atoms with Crippen LogP contribution in [0.4, 0.5) is 0 Å². The summed E-state index contributed by atoms with van der Waals surface area (Å²) in [6.45, 7) is 3.61. The third-order valence-electron chi connectivity index (χ3n) is 4.31. The maximum Gasteiger partial charge on any atom is 0.305 e. The minimum absolute atomic E-state index is 0.0350. The number of carbonyl (C=O) groups is 2. The standard InChI is InChI=1S/C15H26N2O4/c18-14(16-6-4-2-1-3-5-7-16)11-17-8-9-21-12-13(17)10-15(19)20/h13H,1-12H2,(H,19,20). The Morgan fingerprint density at radius 3 is 2.38 bits per heavy atom. The number of hydrogen-bond acceptors (Lipinski definition) is 4. The van der Waals surface area contributed by atoms with Gasteiger partial charge in [-0.3, -0.25) is 14.5 Å². The van der Waals surface area contributed by atoms with Crippen molar-refractivity contribution >= 4 is 11.9 Å². The van der Waals surface area contributed by atoms with Crippen LogP contribution in [0.2, 0.25) is 0 Å². The van der Waals surface area contributed by atoms with Crippen LogP contribution in [0, 0.1) is 0 Å². The number of likely N-dealkylation sites (tertiary alicyclic amines) is 1. The Morgan fingerprint density at radius 2 is 1.71 bits per heavy atom. The number of carboxylic acids is 1. The van der Waals surface area contributed by atoms with Crippen LogP contribution in [0.15, 0.2) is 0 Å². The summed E-state index contributed by atoms with van der Waals surface area (Å²) in [5.74, 6) is -0.705.